The largest absolute Gasteiger partial charge is 0.412 e. The summed E-state index contributed by atoms with van der Waals surface area (Å²) in [6, 6.07) is 18.6. The number of aromatic nitrogens is 1. The predicted octanol–water partition coefficient (Wildman–Crippen LogP) is 5.02. The third kappa shape index (κ3) is 6.03. The van der Waals surface area contributed by atoms with Crippen molar-refractivity contribution in [3.63, 3.8) is 0 Å². The summed E-state index contributed by atoms with van der Waals surface area (Å²) >= 11 is 5.92. The number of nitrogens with one attached hydrogen (secondary N) is 1. The lowest BCUT2D eigenvalue weighted by Crippen LogP contribution is -2.28. The van der Waals surface area contributed by atoms with Crippen molar-refractivity contribution in [1.29, 1.82) is 0 Å². The van der Waals surface area contributed by atoms with Gasteiger partial charge in [-0.25, -0.2) is 4.79 Å². The molecule has 3 aromatic rings. The lowest BCUT2D eigenvalue weighted by atomic mass is 10.1. The molecule has 3 rings (SSSR count). The van der Waals surface area contributed by atoms with Crippen LogP contribution in [-0.4, -0.2) is 31.8 Å². The van der Waals surface area contributed by atoms with Crippen molar-refractivity contribution in [1.82, 2.24) is 10.3 Å². The quantitative estimate of drug-likeness (QED) is 0.512. The number of halogens is 1. The summed E-state index contributed by atoms with van der Waals surface area (Å²) in [6.45, 7) is 0.431. The van der Waals surface area contributed by atoms with E-state index in [2.05, 4.69) is 10.3 Å². The van der Waals surface area contributed by atoms with Gasteiger partial charge in [-0.05, 0) is 53.4 Å². The van der Waals surface area contributed by atoms with Crippen molar-refractivity contribution >= 4 is 17.7 Å². The van der Waals surface area contributed by atoms with Gasteiger partial charge in [-0.1, -0.05) is 41.9 Å². The van der Waals surface area contributed by atoms with Gasteiger partial charge in [-0.2, -0.15) is 0 Å². The Morgan fingerprint density at radius 2 is 1.60 bits per heavy atom. The maximum absolute atomic E-state index is 12.0. The Balaban J connectivity index is 1.46. The fourth-order valence-electron chi connectivity index (χ4n) is 2.87. The first-order valence-electron chi connectivity index (χ1n) is 9.41. The molecule has 0 radical (unpaired) electrons. The van der Waals surface area contributed by atoms with Gasteiger partial charge in [-0.15, -0.1) is 0 Å². The smallest absolute Gasteiger partial charge is 0.410 e. The molecule has 156 valence electrons. The van der Waals surface area contributed by atoms with E-state index in [1.165, 1.54) is 0 Å². The highest BCUT2D eigenvalue weighted by molar-refractivity contribution is 6.30. The summed E-state index contributed by atoms with van der Waals surface area (Å²) in [6.07, 6.45) is 1.38. The number of ether oxygens (including phenoxy) is 3. The summed E-state index contributed by atoms with van der Waals surface area (Å²) in [5.74, 6) is 0.474. The van der Waals surface area contributed by atoms with Gasteiger partial charge in [0.1, 0.15) is 5.75 Å². The Hall–Kier alpha value is -2.93. The van der Waals surface area contributed by atoms with Gasteiger partial charge in [0.2, 0.25) is 6.29 Å². The molecule has 0 fully saturated rings. The zero-order valence-corrected chi connectivity index (χ0v) is 17.6. The first-order valence-corrected chi connectivity index (χ1v) is 9.79. The van der Waals surface area contributed by atoms with E-state index in [1.807, 2.05) is 48.5 Å². The van der Waals surface area contributed by atoms with Crippen molar-refractivity contribution < 1.29 is 19.0 Å². The minimum absolute atomic E-state index is 0.431. The van der Waals surface area contributed by atoms with Crippen LogP contribution in [0.2, 0.25) is 5.02 Å². The number of hydrogen-bond acceptors (Lipinski definition) is 5. The van der Waals surface area contributed by atoms with Gasteiger partial charge in [-0.3, -0.25) is 4.98 Å². The van der Waals surface area contributed by atoms with Crippen molar-refractivity contribution in [2.24, 2.45) is 0 Å². The molecule has 1 aromatic heterocycles. The average molecular weight is 427 g/mol. The van der Waals surface area contributed by atoms with Crippen molar-refractivity contribution in [3.8, 4) is 16.9 Å². The molecule has 1 heterocycles. The van der Waals surface area contributed by atoms with E-state index >= 15 is 0 Å². The minimum atomic E-state index is -0.502. The Morgan fingerprint density at radius 3 is 2.17 bits per heavy atom. The van der Waals surface area contributed by atoms with Gasteiger partial charge in [0.15, 0.2) is 0 Å². The van der Waals surface area contributed by atoms with Crippen LogP contribution in [0.5, 0.6) is 5.75 Å². The predicted molar refractivity (Wildman–Crippen MR) is 116 cm³/mol. The zero-order valence-electron chi connectivity index (χ0n) is 16.8. The molecule has 0 atom stereocenters. The molecule has 2 aromatic carbocycles. The lowest BCUT2D eigenvalue weighted by Gasteiger charge is -2.12. The monoisotopic (exact) mass is 426 g/mol. The van der Waals surface area contributed by atoms with Crippen LogP contribution in [-0.2, 0) is 15.9 Å². The topological polar surface area (TPSA) is 69.7 Å². The van der Waals surface area contributed by atoms with E-state index in [9.17, 15) is 4.79 Å². The maximum atomic E-state index is 12.0. The molecule has 6 nitrogen and oxygen atoms in total. The molecule has 30 heavy (non-hydrogen) atoms. The van der Waals surface area contributed by atoms with E-state index in [1.54, 1.807) is 32.5 Å². The molecule has 0 bridgehead atoms. The van der Waals surface area contributed by atoms with Crippen LogP contribution in [0.25, 0.3) is 11.1 Å². The first-order chi connectivity index (χ1) is 14.6. The average Bonchev–Trinajstić information content (AvgIpc) is 2.77. The van der Waals surface area contributed by atoms with Crippen molar-refractivity contribution in [2.45, 2.75) is 12.7 Å². The number of amides is 1. The number of carbonyl (C=O) groups excluding carboxylic acids is 1. The van der Waals surface area contributed by atoms with E-state index in [4.69, 9.17) is 25.8 Å². The summed E-state index contributed by atoms with van der Waals surface area (Å²) in [5.41, 5.74) is 3.73. The summed E-state index contributed by atoms with van der Waals surface area (Å²) in [5, 5.41) is 3.43. The lowest BCUT2D eigenvalue weighted by molar-refractivity contribution is -0.108. The molecule has 1 amide bonds. The minimum Gasteiger partial charge on any atom is -0.410 e. The Labute approximate surface area is 180 Å². The highest BCUT2D eigenvalue weighted by Gasteiger charge is 2.10. The van der Waals surface area contributed by atoms with E-state index in [-0.39, 0.29) is 0 Å². The van der Waals surface area contributed by atoms with E-state index < -0.39 is 12.4 Å². The molecule has 0 aliphatic heterocycles. The molecule has 0 aliphatic rings. The Morgan fingerprint density at radius 1 is 0.967 bits per heavy atom. The van der Waals surface area contributed by atoms with Crippen LogP contribution in [0, 0.1) is 0 Å². The second-order valence-electron chi connectivity index (χ2n) is 6.49. The highest BCUT2D eigenvalue weighted by Crippen LogP contribution is 2.24. The van der Waals surface area contributed by atoms with Gasteiger partial charge in [0.05, 0.1) is 5.69 Å². The van der Waals surface area contributed by atoms with Gasteiger partial charge in [0, 0.05) is 32.0 Å². The van der Waals surface area contributed by atoms with E-state index in [0.717, 1.165) is 16.7 Å². The van der Waals surface area contributed by atoms with Crippen LogP contribution in [0.1, 0.15) is 17.5 Å². The molecule has 1 N–H and O–H groups in total. The third-order valence-electron chi connectivity index (χ3n) is 4.44. The van der Waals surface area contributed by atoms with Crippen LogP contribution in [0.4, 0.5) is 4.79 Å². The number of carbonyl (C=O) groups is 1. The normalized spacial score (nSPS) is 10.8. The van der Waals surface area contributed by atoms with Crippen molar-refractivity contribution in [3.05, 3.63) is 83.1 Å². The second kappa shape index (κ2) is 10.7. The molecule has 0 saturated heterocycles. The number of nitrogens with zero attached hydrogens (tertiary/aromatic N) is 1. The van der Waals surface area contributed by atoms with Gasteiger partial charge < -0.3 is 19.5 Å². The summed E-state index contributed by atoms with van der Waals surface area (Å²) < 4.78 is 15.7. The molecular formula is C23H23ClN2O4. The molecule has 0 spiro atoms. The molecule has 0 aliphatic carbocycles. The molecule has 7 heteroatoms. The number of hydrogen-bond donors (Lipinski definition) is 1. The molecule has 0 saturated carbocycles. The molecular weight excluding hydrogens is 404 g/mol. The van der Waals surface area contributed by atoms with E-state index in [0.29, 0.717) is 29.4 Å². The Kier molecular flexibility index (Phi) is 7.79. The SMILES string of the molecule is COC(OC)c1ccc(CCNC(=O)Oc2ccc(-c3ccc(Cl)cc3)cc2)cn1. The standard InChI is InChI=1S/C23H23ClN2O4/c1-28-22(29-2)21-12-3-16(15-26-21)13-14-25-23(27)30-20-10-6-18(7-11-20)17-4-8-19(24)9-5-17/h3-12,15,22H,13-14H2,1-2H3,(H,25,27). The Bertz CT molecular complexity index is 940. The van der Waals surface area contributed by atoms with Gasteiger partial charge in [0.25, 0.3) is 0 Å². The van der Waals surface area contributed by atoms with Crippen LogP contribution >= 0.6 is 11.6 Å². The maximum Gasteiger partial charge on any atom is 0.412 e. The number of rotatable bonds is 8. The van der Waals surface area contributed by atoms with Crippen LogP contribution in [0.3, 0.4) is 0 Å². The second-order valence-corrected chi connectivity index (χ2v) is 6.93. The van der Waals surface area contributed by atoms with Crippen LogP contribution in [0.15, 0.2) is 66.9 Å². The van der Waals surface area contributed by atoms with Crippen molar-refractivity contribution in [2.75, 3.05) is 20.8 Å². The number of benzene rings is 2. The first kappa shape index (κ1) is 21.8. The zero-order chi connectivity index (χ0) is 21.3. The molecule has 0 unspecified atom stereocenters. The number of methoxy groups -OCH3 is 2. The highest BCUT2D eigenvalue weighted by atomic mass is 35.5. The fraction of sp³-hybridized carbons (Fsp3) is 0.217. The summed E-state index contributed by atoms with van der Waals surface area (Å²) in [7, 11) is 3.12. The summed E-state index contributed by atoms with van der Waals surface area (Å²) in [4.78, 5) is 16.3. The van der Waals surface area contributed by atoms with Gasteiger partial charge >= 0.3 is 6.09 Å². The third-order valence-corrected chi connectivity index (χ3v) is 4.69. The number of pyridine rings is 1. The fourth-order valence-corrected chi connectivity index (χ4v) is 3.00. The van der Waals surface area contributed by atoms with Crippen LogP contribution < -0.4 is 10.1 Å².